The van der Waals surface area contributed by atoms with E-state index in [9.17, 15) is 14.9 Å². The molecule has 0 aliphatic carbocycles. The van der Waals surface area contributed by atoms with E-state index in [1.165, 1.54) is 36.2 Å². The fraction of sp³-hybridized carbons (Fsp3) is 0.250. The molecule has 1 N–H and O–H groups in total. The van der Waals surface area contributed by atoms with Crippen LogP contribution in [0.2, 0.25) is 0 Å². The number of nitro groups is 1. The minimum absolute atomic E-state index is 0.0222. The van der Waals surface area contributed by atoms with E-state index in [-0.39, 0.29) is 23.9 Å². The van der Waals surface area contributed by atoms with E-state index < -0.39 is 4.92 Å². The summed E-state index contributed by atoms with van der Waals surface area (Å²) in [6.07, 6.45) is 1.53. The number of nitrogens with one attached hydrogen (secondary N) is 1. The molecule has 110 valence electrons. The van der Waals surface area contributed by atoms with Crippen LogP contribution in [0, 0.1) is 17.0 Å². The molecule has 2 aromatic rings. The highest BCUT2D eigenvalue weighted by atomic mass is 16.6. The van der Waals surface area contributed by atoms with Crippen molar-refractivity contribution >= 4 is 17.3 Å². The maximum absolute atomic E-state index is 11.9. The zero-order valence-corrected chi connectivity index (χ0v) is 11.4. The number of rotatable bonds is 5. The van der Waals surface area contributed by atoms with Crippen molar-refractivity contribution < 1.29 is 14.5 Å². The van der Waals surface area contributed by atoms with Gasteiger partial charge >= 0.3 is 5.69 Å². The Morgan fingerprint density at radius 3 is 2.86 bits per heavy atom. The summed E-state index contributed by atoms with van der Waals surface area (Å²) < 4.78 is 6.31. The molecular formula is C12H13N5O4. The van der Waals surface area contributed by atoms with Gasteiger partial charge in [0.15, 0.2) is 5.75 Å². The first kappa shape index (κ1) is 14.4. The minimum Gasteiger partial charge on any atom is -0.490 e. The van der Waals surface area contributed by atoms with Crippen LogP contribution in [-0.4, -0.2) is 32.9 Å². The first-order valence-electron chi connectivity index (χ1n) is 5.98. The lowest BCUT2D eigenvalue weighted by Gasteiger charge is -2.07. The Kier molecular flexibility index (Phi) is 4.12. The Morgan fingerprint density at radius 1 is 1.52 bits per heavy atom. The van der Waals surface area contributed by atoms with E-state index in [0.29, 0.717) is 5.69 Å². The Hall–Kier alpha value is -2.97. The number of nitro benzene ring substituents is 1. The van der Waals surface area contributed by atoms with Crippen LogP contribution in [-0.2, 0) is 11.3 Å². The predicted octanol–water partition coefficient (Wildman–Crippen LogP) is 1.14. The number of methoxy groups -OCH3 is 1. The molecule has 0 spiro atoms. The number of amides is 1. The van der Waals surface area contributed by atoms with E-state index in [4.69, 9.17) is 4.74 Å². The second-order valence-corrected chi connectivity index (χ2v) is 4.22. The van der Waals surface area contributed by atoms with Crippen molar-refractivity contribution in [3.8, 4) is 5.75 Å². The Morgan fingerprint density at radius 2 is 2.29 bits per heavy atom. The first-order valence-corrected chi connectivity index (χ1v) is 5.98. The summed E-state index contributed by atoms with van der Waals surface area (Å²) in [7, 11) is 1.34. The van der Waals surface area contributed by atoms with Gasteiger partial charge in [-0.3, -0.25) is 14.9 Å². The van der Waals surface area contributed by atoms with Gasteiger partial charge in [-0.1, -0.05) is 5.21 Å². The molecule has 2 rings (SSSR count). The number of hydrogen-bond acceptors (Lipinski definition) is 6. The molecule has 0 aliphatic rings. The normalized spacial score (nSPS) is 10.2. The monoisotopic (exact) mass is 291 g/mol. The van der Waals surface area contributed by atoms with Gasteiger partial charge in [-0.15, -0.1) is 5.10 Å². The molecule has 9 nitrogen and oxygen atoms in total. The fourth-order valence-corrected chi connectivity index (χ4v) is 1.71. The van der Waals surface area contributed by atoms with Crippen LogP contribution in [0.1, 0.15) is 5.69 Å². The molecule has 0 saturated heterocycles. The predicted molar refractivity (Wildman–Crippen MR) is 73.0 cm³/mol. The third-order valence-electron chi connectivity index (χ3n) is 2.76. The molecular weight excluding hydrogens is 278 g/mol. The van der Waals surface area contributed by atoms with Gasteiger partial charge in [0.1, 0.15) is 6.54 Å². The maximum Gasteiger partial charge on any atom is 0.312 e. The van der Waals surface area contributed by atoms with Crippen molar-refractivity contribution in [1.82, 2.24) is 15.0 Å². The molecule has 1 aromatic heterocycles. The van der Waals surface area contributed by atoms with Crippen LogP contribution >= 0.6 is 0 Å². The largest absolute Gasteiger partial charge is 0.490 e. The SMILES string of the molecule is COc1ccc(NC(=O)Cn2nncc2C)cc1[N+](=O)[O-]. The molecule has 0 bridgehead atoms. The minimum atomic E-state index is -0.573. The van der Waals surface area contributed by atoms with Crippen molar-refractivity contribution in [3.63, 3.8) is 0 Å². The average molecular weight is 291 g/mol. The van der Waals surface area contributed by atoms with E-state index in [1.54, 1.807) is 6.92 Å². The van der Waals surface area contributed by atoms with Gasteiger partial charge in [0.05, 0.1) is 23.9 Å². The number of ether oxygens (including phenoxy) is 1. The lowest BCUT2D eigenvalue weighted by molar-refractivity contribution is -0.385. The number of anilines is 1. The highest BCUT2D eigenvalue weighted by molar-refractivity contribution is 5.91. The molecule has 0 saturated carbocycles. The van der Waals surface area contributed by atoms with E-state index in [2.05, 4.69) is 15.6 Å². The standard InChI is InChI=1S/C12H13N5O4/c1-8-6-13-15-16(8)7-12(18)14-9-3-4-11(21-2)10(5-9)17(19)20/h3-6H,7H2,1-2H3,(H,14,18). The topological polar surface area (TPSA) is 112 Å². The molecule has 0 atom stereocenters. The summed E-state index contributed by atoms with van der Waals surface area (Å²) in [5.74, 6) is -0.229. The van der Waals surface area contributed by atoms with Gasteiger partial charge in [-0.05, 0) is 19.1 Å². The fourth-order valence-electron chi connectivity index (χ4n) is 1.71. The number of hydrogen-bond donors (Lipinski definition) is 1. The van der Waals surface area contributed by atoms with Gasteiger partial charge in [-0.25, -0.2) is 4.68 Å². The average Bonchev–Trinajstić information content (AvgIpc) is 2.84. The second-order valence-electron chi connectivity index (χ2n) is 4.22. The summed E-state index contributed by atoms with van der Waals surface area (Å²) in [6, 6.07) is 4.19. The number of carbonyl (C=O) groups excluding carboxylic acids is 1. The van der Waals surface area contributed by atoms with E-state index in [1.807, 2.05) is 0 Å². The van der Waals surface area contributed by atoms with Crippen LogP contribution in [0.4, 0.5) is 11.4 Å². The van der Waals surface area contributed by atoms with E-state index in [0.717, 1.165) is 5.69 Å². The zero-order valence-electron chi connectivity index (χ0n) is 11.4. The summed E-state index contributed by atoms with van der Waals surface area (Å²) in [5, 5.41) is 20.9. The molecule has 1 heterocycles. The van der Waals surface area contributed by atoms with Gasteiger partial charge in [-0.2, -0.15) is 0 Å². The molecule has 9 heteroatoms. The molecule has 0 fully saturated rings. The summed E-state index contributed by atoms with van der Waals surface area (Å²) in [5.41, 5.74) is 0.836. The molecule has 21 heavy (non-hydrogen) atoms. The summed E-state index contributed by atoms with van der Waals surface area (Å²) in [6.45, 7) is 1.75. The third kappa shape index (κ3) is 3.32. The smallest absolute Gasteiger partial charge is 0.312 e. The lowest BCUT2D eigenvalue weighted by Crippen LogP contribution is -2.20. The quantitative estimate of drug-likeness (QED) is 0.653. The number of aromatic nitrogens is 3. The van der Waals surface area contributed by atoms with Gasteiger partial charge < -0.3 is 10.1 Å². The molecule has 0 unspecified atom stereocenters. The molecule has 1 aromatic carbocycles. The molecule has 0 aliphatic heterocycles. The van der Waals surface area contributed by atoms with Gasteiger partial charge in [0.25, 0.3) is 0 Å². The van der Waals surface area contributed by atoms with Crippen LogP contribution in [0.3, 0.4) is 0 Å². The Bertz CT molecular complexity index is 682. The maximum atomic E-state index is 11.9. The van der Waals surface area contributed by atoms with Crippen LogP contribution in [0.25, 0.3) is 0 Å². The molecule has 1 amide bonds. The number of nitrogens with zero attached hydrogens (tertiary/aromatic N) is 4. The highest BCUT2D eigenvalue weighted by Gasteiger charge is 2.16. The first-order chi connectivity index (χ1) is 10.0. The Labute approximate surface area is 119 Å². The summed E-state index contributed by atoms with van der Waals surface area (Å²) in [4.78, 5) is 22.2. The second kappa shape index (κ2) is 5.99. The number of benzene rings is 1. The van der Waals surface area contributed by atoms with Crippen molar-refractivity contribution in [3.05, 3.63) is 40.2 Å². The Balaban J connectivity index is 2.12. The number of carbonyl (C=O) groups is 1. The molecule has 0 radical (unpaired) electrons. The van der Waals surface area contributed by atoms with Crippen LogP contribution in [0.5, 0.6) is 5.75 Å². The van der Waals surface area contributed by atoms with Crippen molar-refractivity contribution in [2.75, 3.05) is 12.4 Å². The van der Waals surface area contributed by atoms with E-state index >= 15 is 0 Å². The highest BCUT2D eigenvalue weighted by Crippen LogP contribution is 2.29. The van der Waals surface area contributed by atoms with Crippen LogP contribution < -0.4 is 10.1 Å². The van der Waals surface area contributed by atoms with Gasteiger partial charge in [0, 0.05) is 11.8 Å². The number of aryl methyl sites for hydroxylation is 1. The van der Waals surface area contributed by atoms with Crippen LogP contribution in [0.15, 0.2) is 24.4 Å². The van der Waals surface area contributed by atoms with Crippen molar-refractivity contribution in [1.29, 1.82) is 0 Å². The zero-order chi connectivity index (χ0) is 15.4. The lowest BCUT2D eigenvalue weighted by atomic mass is 10.2. The van der Waals surface area contributed by atoms with Crippen molar-refractivity contribution in [2.45, 2.75) is 13.5 Å². The third-order valence-corrected chi connectivity index (χ3v) is 2.76. The summed E-state index contributed by atoms with van der Waals surface area (Å²) >= 11 is 0. The van der Waals surface area contributed by atoms with Gasteiger partial charge in [0.2, 0.25) is 5.91 Å². The van der Waals surface area contributed by atoms with Crippen molar-refractivity contribution in [2.24, 2.45) is 0 Å².